The molecule has 4 rings (SSSR count). The van der Waals surface area contributed by atoms with E-state index in [1.54, 1.807) is 0 Å². The molecule has 2 amide bonds. The van der Waals surface area contributed by atoms with Crippen molar-refractivity contribution in [2.75, 3.05) is 6.54 Å². The second kappa shape index (κ2) is 9.89. The molecule has 8 heteroatoms. The lowest BCUT2D eigenvalue weighted by Crippen LogP contribution is -2.66. The van der Waals surface area contributed by atoms with Gasteiger partial charge in [-0.2, -0.15) is 13.2 Å². The van der Waals surface area contributed by atoms with Crippen LogP contribution in [-0.2, 0) is 14.4 Å². The lowest BCUT2D eigenvalue weighted by molar-refractivity contribution is -0.194. The average Bonchev–Trinajstić information content (AvgIpc) is 3.01. The third-order valence-corrected chi connectivity index (χ3v) is 8.54. The smallest absolute Gasteiger partial charge is 0.330 e. The lowest BCUT2D eigenvalue weighted by Gasteiger charge is -2.35. The standard InChI is InChI=1S/C27H39F3N2O3/c1-25(2)15-20-23(21(33)16-25)26(27(28,29)30,24(35)32(20)17-19-11-7-4-8-12-19)31-22(34)14-13-18-9-5-3-6-10-18/h18-19H,3-17H2,1-2H3,(H,31,34)/t26-/m1/s1. The van der Waals surface area contributed by atoms with E-state index in [2.05, 4.69) is 5.32 Å². The molecular weight excluding hydrogens is 457 g/mol. The summed E-state index contributed by atoms with van der Waals surface area (Å²) in [4.78, 5) is 41.1. The highest BCUT2D eigenvalue weighted by Crippen LogP contribution is 2.52. The van der Waals surface area contributed by atoms with E-state index in [1.807, 2.05) is 13.8 Å². The molecule has 35 heavy (non-hydrogen) atoms. The summed E-state index contributed by atoms with van der Waals surface area (Å²) < 4.78 is 44.6. The number of Topliss-reactive ketones (excluding diaryl/α,β-unsaturated/α-hetero) is 1. The Labute approximate surface area is 206 Å². The first-order chi connectivity index (χ1) is 16.4. The number of carbonyl (C=O) groups is 3. The number of rotatable bonds is 6. The summed E-state index contributed by atoms with van der Waals surface area (Å²) >= 11 is 0. The van der Waals surface area contributed by atoms with Crippen LogP contribution in [0.5, 0.6) is 0 Å². The summed E-state index contributed by atoms with van der Waals surface area (Å²) in [5, 5.41) is 2.11. The van der Waals surface area contributed by atoms with Gasteiger partial charge in [-0.25, -0.2) is 0 Å². The van der Waals surface area contributed by atoms with Crippen LogP contribution in [0.15, 0.2) is 11.3 Å². The molecule has 196 valence electrons. The van der Waals surface area contributed by atoms with Crippen LogP contribution in [0.2, 0.25) is 0 Å². The van der Waals surface area contributed by atoms with Crippen molar-refractivity contribution in [3.05, 3.63) is 11.3 Å². The first kappa shape index (κ1) is 26.2. The van der Waals surface area contributed by atoms with Crippen molar-refractivity contribution in [2.24, 2.45) is 17.3 Å². The molecule has 1 aliphatic heterocycles. The van der Waals surface area contributed by atoms with Crippen molar-refractivity contribution in [1.29, 1.82) is 0 Å². The monoisotopic (exact) mass is 496 g/mol. The third-order valence-electron chi connectivity index (χ3n) is 8.54. The summed E-state index contributed by atoms with van der Waals surface area (Å²) in [6, 6.07) is 0. The molecule has 1 atom stereocenters. The van der Waals surface area contributed by atoms with Crippen LogP contribution < -0.4 is 5.32 Å². The number of nitrogens with one attached hydrogen (secondary N) is 1. The number of ketones is 1. The van der Waals surface area contributed by atoms with Crippen molar-refractivity contribution in [2.45, 2.75) is 115 Å². The molecule has 0 aromatic carbocycles. The largest absolute Gasteiger partial charge is 0.425 e. The zero-order valence-corrected chi connectivity index (χ0v) is 21.1. The molecule has 2 saturated carbocycles. The Morgan fingerprint density at radius 3 is 2.09 bits per heavy atom. The minimum Gasteiger partial charge on any atom is -0.330 e. The Balaban J connectivity index is 1.66. The lowest BCUT2D eigenvalue weighted by atomic mass is 9.72. The maximum absolute atomic E-state index is 14.9. The van der Waals surface area contributed by atoms with E-state index in [0.29, 0.717) is 12.3 Å². The van der Waals surface area contributed by atoms with Gasteiger partial charge in [0.25, 0.3) is 5.91 Å². The van der Waals surface area contributed by atoms with Crippen molar-refractivity contribution >= 4 is 17.6 Å². The van der Waals surface area contributed by atoms with Gasteiger partial charge in [-0.05, 0) is 42.9 Å². The molecular formula is C27H39F3N2O3. The van der Waals surface area contributed by atoms with Crippen LogP contribution in [0, 0.1) is 17.3 Å². The molecule has 5 nitrogen and oxygen atoms in total. The fraction of sp³-hybridized carbons (Fsp3) is 0.815. The molecule has 1 N–H and O–H groups in total. The third kappa shape index (κ3) is 5.17. The fourth-order valence-electron chi connectivity index (χ4n) is 6.73. The van der Waals surface area contributed by atoms with Gasteiger partial charge in [0.05, 0.1) is 5.57 Å². The van der Waals surface area contributed by atoms with E-state index in [9.17, 15) is 27.6 Å². The number of carbonyl (C=O) groups excluding carboxylic acids is 3. The van der Waals surface area contributed by atoms with E-state index in [0.717, 1.165) is 64.2 Å². The highest BCUT2D eigenvalue weighted by atomic mass is 19.4. The van der Waals surface area contributed by atoms with Crippen molar-refractivity contribution in [3.63, 3.8) is 0 Å². The Hall–Kier alpha value is -1.86. The minimum absolute atomic E-state index is 0.0688. The Morgan fingerprint density at radius 1 is 0.943 bits per heavy atom. The van der Waals surface area contributed by atoms with Crippen LogP contribution in [-0.4, -0.2) is 40.8 Å². The zero-order chi connectivity index (χ0) is 25.4. The van der Waals surface area contributed by atoms with Gasteiger partial charge in [0.15, 0.2) is 5.78 Å². The number of nitrogens with zero attached hydrogens (tertiary/aromatic N) is 1. The molecule has 4 aliphatic rings. The van der Waals surface area contributed by atoms with Gasteiger partial charge in [-0.15, -0.1) is 0 Å². The van der Waals surface area contributed by atoms with E-state index >= 15 is 0 Å². The first-order valence-electron chi connectivity index (χ1n) is 13.4. The van der Waals surface area contributed by atoms with Crippen molar-refractivity contribution < 1.29 is 27.6 Å². The van der Waals surface area contributed by atoms with Gasteiger partial charge >= 0.3 is 6.18 Å². The normalized spacial score (nSPS) is 28.4. The zero-order valence-electron chi connectivity index (χ0n) is 21.1. The molecule has 3 aliphatic carbocycles. The van der Waals surface area contributed by atoms with E-state index in [4.69, 9.17) is 0 Å². The second-order valence-corrected chi connectivity index (χ2v) is 12.0. The number of hydrogen-bond acceptors (Lipinski definition) is 3. The predicted molar refractivity (Wildman–Crippen MR) is 126 cm³/mol. The Morgan fingerprint density at radius 2 is 1.51 bits per heavy atom. The van der Waals surface area contributed by atoms with Crippen molar-refractivity contribution in [1.82, 2.24) is 10.2 Å². The highest BCUT2D eigenvalue weighted by molar-refractivity contribution is 6.13. The molecule has 0 aromatic rings. The molecule has 0 spiro atoms. The van der Waals surface area contributed by atoms with Gasteiger partial charge in [0, 0.05) is 25.1 Å². The predicted octanol–water partition coefficient (Wildman–Crippen LogP) is 5.83. The van der Waals surface area contributed by atoms with Gasteiger partial charge in [-0.1, -0.05) is 65.2 Å². The van der Waals surface area contributed by atoms with Crippen LogP contribution >= 0.6 is 0 Å². The molecule has 0 radical (unpaired) electrons. The van der Waals surface area contributed by atoms with Gasteiger partial charge < -0.3 is 10.2 Å². The highest BCUT2D eigenvalue weighted by Gasteiger charge is 2.71. The molecule has 2 fully saturated rings. The summed E-state index contributed by atoms with van der Waals surface area (Å²) in [5.74, 6) is -2.25. The number of hydrogen-bond donors (Lipinski definition) is 1. The minimum atomic E-state index is -5.11. The maximum Gasteiger partial charge on any atom is 0.425 e. The van der Waals surface area contributed by atoms with Gasteiger partial charge in [0.2, 0.25) is 11.4 Å². The van der Waals surface area contributed by atoms with Gasteiger partial charge in [-0.3, -0.25) is 14.4 Å². The molecule has 1 heterocycles. The quantitative estimate of drug-likeness (QED) is 0.503. The summed E-state index contributed by atoms with van der Waals surface area (Å²) in [6.07, 6.45) is 5.52. The summed E-state index contributed by atoms with van der Waals surface area (Å²) in [5.41, 5.74) is -4.18. The molecule has 0 unspecified atom stereocenters. The number of halogens is 3. The molecule has 0 saturated heterocycles. The Kier molecular flexibility index (Phi) is 7.41. The SMILES string of the molecule is CC1(C)CC(=O)C2=C(C1)N(CC1CCCCC1)C(=O)[C@@]2(NC(=O)CCC1CCCCC1)C(F)(F)F. The first-order valence-corrected chi connectivity index (χ1v) is 13.4. The molecule has 0 bridgehead atoms. The average molecular weight is 497 g/mol. The number of amides is 2. The van der Waals surface area contributed by atoms with E-state index in [-0.39, 0.29) is 37.4 Å². The van der Waals surface area contributed by atoms with Crippen LogP contribution in [0.25, 0.3) is 0 Å². The summed E-state index contributed by atoms with van der Waals surface area (Å²) in [6.45, 7) is 3.86. The van der Waals surface area contributed by atoms with Crippen LogP contribution in [0.3, 0.4) is 0 Å². The van der Waals surface area contributed by atoms with Crippen LogP contribution in [0.4, 0.5) is 13.2 Å². The van der Waals surface area contributed by atoms with Gasteiger partial charge in [0.1, 0.15) is 0 Å². The maximum atomic E-state index is 14.9. The topological polar surface area (TPSA) is 66.5 Å². The van der Waals surface area contributed by atoms with Crippen LogP contribution in [0.1, 0.15) is 104 Å². The second-order valence-electron chi connectivity index (χ2n) is 12.0. The summed E-state index contributed by atoms with van der Waals surface area (Å²) in [7, 11) is 0. The van der Waals surface area contributed by atoms with Crippen molar-refractivity contribution in [3.8, 4) is 0 Å². The van der Waals surface area contributed by atoms with E-state index < -0.39 is 40.3 Å². The Bertz CT molecular complexity index is 883. The fourth-order valence-corrected chi connectivity index (χ4v) is 6.73. The molecule has 0 aromatic heterocycles. The number of allylic oxidation sites excluding steroid dienone is 1. The van der Waals surface area contributed by atoms with E-state index in [1.165, 1.54) is 4.90 Å². The number of alkyl halides is 3.